The Hall–Kier alpha value is -2.03. The lowest BCUT2D eigenvalue weighted by Gasteiger charge is -2.33. The molecule has 1 aliphatic heterocycles. The number of rotatable bonds is 7. The number of carbonyl (C=O) groups excluding carboxylic acids is 1. The number of benzene rings is 1. The van der Waals surface area contributed by atoms with Crippen molar-refractivity contribution in [2.75, 3.05) is 33.3 Å². The topological polar surface area (TPSA) is 67.1 Å². The lowest BCUT2D eigenvalue weighted by molar-refractivity contribution is -0.146. The van der Waals surface area contributed by atoms with E-state index in [-0.39, 0.29) is 35.9 Å². The number of ether oxygens (including phenoxy) is 1. The van der Waals surface area contributed by atoms with Crippen LogP contribution < -0.4 is 5.32 Å². The first kappa shape index (κ1) is 23.3. The molecule has 3 rings (SSSR count). The summed E-state index contributed by atoms with van der Waals surface area (Å²) in [6, 6.07) is 14.3. The standard InChI is InChI=1S/C22H29N3O3.HI/c1-27-21(26)19-11-15-25(16-12-19)22(24-14-10-20-8-5-17-28-20)23-13-9-18-6-3-2-4-7-18;/h2-8,17,19H,9-16H2,1H3,(H,23,24);1H. The number of likely N-dealkylation sites (tertiary alicyclic amines) is 1. The van der Waals surface area contributed by atoms with Crippen LogP contribution >= 0.6 is 24.0 Å². The van der Waals surface area contributed by atoms with E-state index in [1.165, 1.54) is 12.7 Å². The molecule has 1 fully saturated rings. The molecule has 1 saturated heterocycles. The van der Waals surface area contributed by atoms with Crippen LogP contribution in [0.1, 0.15) is 24.2 Å². The van der Waals surface area contributed by atoms with Gasteiger partial charge in [-0.3, -0.25) is 9.79 Å². The Bertz CT molecular complexity index is 742. The maximum absolute atomic E-state index is 11.8. The first-order valence-corrected chi connectivity index (χ1v) is 9.93. The first-order valence-electron chi connectivity index (χ1n) is 9.93. The second-order valence-electron chi connectivity index (χ2n) is 6.98. The molecular formula is C22H30IN3O3. The van der Waals surface area contributed by atoms with Crippen LogP contribution in [0.15, 0.2) is 58.1 Å². The summed E-state index contributed by atoms with van der Waals surface area (Å²) in [6.07, 6.45) is 5.00. The van der Waals surface area contributed by atoms with Gasteiger partial charge in [-0.2, -0.15) is 0 Å². The first-order chi connectivity index (χ1) is 13.8. The third kappa shape index (κ3) is 7.38. The average Bonchev–Trinajstić information content (AvgIpc) is 3.26. The van der Waals surface area contributed by atoms with Gasteiger partial charge in [0.15, 0.2) is 5.96 Å². The summed E-state index contributed by atoms with van der Waals surface area (Å²) in [5.74, 6) is 1.74. The van der Waals surface area contributed by atoms with Gasteiger partial charge in [-0.1, -0.05) is 30.3 Å². The number of piperidine rings is 1. The zero-order valence-electron chi connectivity index (χ0n) is 16.9. The molecule has 0 unspecified atom stereocenters. The number of guanidine groups is 1. The van der Waals surface area contributed by atoms with Gasteiger partial charge in [0, 0.05) is 32.6 Å². The third-order valence-corrected chi connectivity index (χ3v) is 5.07. The SMILES string of the molecule is COC(=O)C1CCN(C(=NCCc2ccco2)NCCc2ccccc2)CC1.I. The van der Waals surface area contributed by atoms with Gasteiger partial charge in [0.1, 0.15) is 5.76 Å². The minimum absolute atomic E-state index is 0. The number of furan rings is 1. The molecule has 1 aromatic heterocycles. The van der Waals surface area contributed by atoms with Crippen molar-refractivity contribution in [2.24, 2.45) is 10.9 Å². The fourth-order valence-corrected chi connectivity index (χ4v) is 3.45. The molecule has 158 valence electrons. The predicted molar refractivity (Wildman–Crippen MR) is 125 cm³/mol. The van der Waals surface area contributed by atoms with Gasteiger partial charge in [-0.05, 0) is 37.0 Å². The summed E-state index contributed by atoms with van der Waals surface area (Å²) in [5, 5.41) is 3.51. The highest BCUT2D eigenvalue weighted by molar-refractivity contribution is 14.0. The van der Waals surface area contributed by atoms with Crippen molar-refractivity contribution in [3.05, 3.63) is 60.1 Å². The largest absolute Gasteiger partial charge is 0.469 e. The molecule has 0 aliphatic carbocycles. The number of hydrogen-bond acceptors (Lipinski definition) is 4. The Morgan fingerprint density at radius 3 is 2.59 bits per heavy atom. The van der Waals surface area contributed by atoms with Crippen molar-refractivity contribution in [3.8, 4) is 0 Å². The normalized spacial score (nSPS) is 14.9. The highest BCUT2D eigenvalue weighted by Gasteiger charge is 2.27. The van der Waals surface area contributed by atoms with Crippen molar-refractivity contribution in [2.45, 2.75) is 25.7 Å². The van der Waals surface area contributed by atoms with Crippen LogP contribution in [0.5, 0.6) is 0 Å². The molecule has 7 heteroatoms. The van der Waals surface area contributed by atoms with E-state index in [1.807, 2.05) is 18.2 Å². The monoisotopic (exact) mass is 511 g/mol. The minimum atomic E-state index is -0.104. The van der Waals surface area contributed by atoms with Gasteiger partial charge in [0.2, 0.25) is 0 Å². The Balaban J connectivity index is 0.00000300. The number of esters is 1. The smallest absolute Gasteiger partial charge is 0.308 e. The third-order valence-electron chi connectivity index (χ3n) is 5.07. The Labute approximate surface area is 189 Å². The molecule has 0 bridgehead atoms. The summed E-state index contributed by atoms with van der Waals surface area (Å²) < 4.78 is 10.3. The molecule has 1 N–H and O–H groups in total. The maximum Gasteiger partial charge on any atom is 0.308 e. The highest BCUT2D eigenvalue weighted by atomic mass is 127. The summed E-state index contributed by atoms with van der Waals surface area (Å²) in [7, 11) is 1.46. The quantitative estimate of drug-likeness (QED) is 0.267. The lowest BCUT2D eigenvalue weighted by Crippen LogP contribution is -2.47. The zero-order valence-corrected chi connectivity index (χ0v) is 19.2. The van der Waals surface area contributed by atoms with Crippen LogP contribution in [-0.2, 0) is 22.4 Å². The Morgan fingerprint density at radius 1 is 1.17 bits per heavy atom. The Kier molecular flexibility index (Phi) is 10.0. The van der Waals surface area contributed by atoms with E-state index in [1.54, 1.807) is 6.26 Å². The molecule has 29 heavy (non-hydrogen) atoms. The molecule has 2 heterocycles. The number of nitrogens with zero attached hydrogens (tertiary/aromatic N) is 2. The molecule has 0 spiro atoms. The number of hydrogen-bond donors (Lipinski definition) is 1. The van der Waals surface area contributed by atoms with E-state index in [0.717, 1.165) is 57.0 Å². The van der Waals surface area contributed by atoms with Crippen LogP contribution in [-0.4, -0.2) is 50.1 Å². The number of methoxy groups -OCH3 is 1. The van der Waals surface area contributed by atoms with E-state index in [2.05, 4.69) is 34.5 Å². The van der Waals surface area contributed by atoms with E-state index in [0.29, 0.717) is 6.54 Å². The molecule has 0 saturated carbocycles. The Morgan fingerprint density at radius 2 is 1.93 bits per heavy atom. The van der Waals surface area contributed by atoms with E-state index in [9.17, 15) is 4.79 Å². The van der Waals surface area contributed by atoms with E-state index in [4.69, 9.17) is 14.1 Å². The van der Waals surface area contributed by atoms with Crippen molar-refractivity contribution in [1.29, 1.82) is 0 Å². The van der Waals surface area contributed by atoms with Crippen LogP contribution in [0.25, 0.3) is 0 Å². The van der Waals surface area contributed by atoms with Crippen LogP contribution in [0.2, 0.25) is 0 Å². The summed E-state index contributed by atoms with van der Waals surface area (Å²) >= 11 is 0. The minimum Gasteiger partial charge on any atom is -0.469 e. The second kappa shape index (κ2) is 12.5. The van der Waals surface area contributed by atoms with Crippen LogP contribution in [0.3, 0.4) is 0 Å². The summed E-state index contributed by atoms with van der Waals surface area (Å²) in [6.45, 7) is 3.09. The molecule has 1 aliphatic rings. The summed E-state index contributed by atoms with van der Waals surface area (Å²) in [4.78, 5) is 18.8. The van der Waals surface area contributed by atoms with Gasteiger partial charge in [-0.15, -0.1) is 24.0 Å². The number of halogens is 1. The molecule has 0 amide bonds. The van der Waals surface area contributed by atoms with Crippen LogP contribution in [0.4, 0.5) is 0 Å². The number of nitrogens with one attached hydrogen (secondary N) is 1. The van der Waals surface area contributed by atoms with Gasteiger partial charge in [0.05, 0.1) is 19.3 Å². The fraction of sp³-hybridized carbons (Fsp3) is 0.455. The van der Waals surface area contributed by atoms with Crippen LogP contribution in [0, 0.1) is 5.92 Å². The molecule has 0 atom stereocenters. The molecule has 1 aromatic carbocycles. The van der Waals surface area contributed by atoms with Gasteiger partial charge in [0.25, 0.3) is 0 Å². The second-order valence-corrected chi connectivity index (χ2v) is 6.98. The van der Waals surface area contributed by atoms with Gasteiger partial charge < -0.3 is 19.4 Å². The predicted octanol–water partition coefficient (Wildman–Crippen LogP) is 3.51. The molecular weight excluding hydrogens is 481 g/mol. The van der Waals surface area contributed by atoms with E-state index < -0.39 is 0 Å². The van der Waals surface area contributed by atoms with E-state index >= 15 is 0 Å². The zero-order chi connectivity index (χ0) is 19.6. The fourth-order valence-electron chi connectivity index (χ4n) is 3.45. The van der Waals surface area contributed by atoms with Crippen molar-refractivity contribution < 1.29 is 13.9 Å². The lowest BCUT2D eigenvalue weighted by atomic mass is 9.97. The van der Waals surface area contributed by atoms with Gasteiger partial charge in [-0.25, -0.2) is 0 Å². The number of carbonyl (C=O) groups is 1. The van der Waals surface area contributed by atoms with Crippen molar-refractivity contribution in [1.82, 2.24) is 10.2 Å². The summed E-state index contributed by atoms with van der Waals surface area (Å²) in [5.41, 5.74) is 1.30. The highest BCUT2D eigenvalue weighted by Crippen LogP contribution is 2.18. The molecule has 0 radical (unpaired) electrons. The molecule has 6 nitrogen and oxygen atoms in total. The maximum atomic E-state index is 11.8. The molecule has 2 aromatic rings. The number of aliphatic imine (C=N–C) groups is 1. The average molecular weight is 511 g/mol. The van der Waals surface area contributed by atoms with Crippen molar-refractivity contribution >= 4 is 35.9 Å². The van der Waals surface area contributed by atoms with Gasteiger partial charge >= 0.3 is 5.97 Å². The van der Waals surface area contributed by atoms with Crippen molar-refractivity contribution in [3.63, 3.8) is 0 Å².